The second-order valence-electron chi connectivity index (χ2n) is 5.50. The van der Waals surface area contributed by atoms with E-state index in [1.54, 1.807) is 6.07 Å². The van der Waals surface area contributed by atoms with Crippen molar-refractivity contribution in [3.05, 3.63) is 35.8 Å². The lowest BCUT2D eigenvalue weighted by Gasteiger charge is -2.15. The van der Waals surface area contributed by atoms with Crippen LogP contribution in [-0.4, -0.2) is 34.9 Å². The number of hydrogen-bond donors (Lipinski definition) is 0. The average Bonchev–Trinajstić information content (AvgIpc) is 3.02. The van der Waals surface area contributed by atoms with Crippen LogP contribution in [0.3, 0.4) is 0 Å². The first-order valence-electron chi connectivity index (χ1n) is 7.17. The van der Waals surface area contributed by atoms with Crippen LogP contribution in [0.2, 0.25) is 0 Å². The van der Waals surface area contributed by atoms with E-state index >= 15 is 0 Å². The molecule has 3 nitrogen and oxygen atoms in total. The van der Waals surface area contributed by atoms with E-state index in [2.05, 4.69) is 9.47 Å². The molecule has 1 aromatic heterocycles. The molecule has 0 N–H and O–H groups in total. The highest BCUT2D eigenvalue weighted by Gasteiger charge is 2.15. The van der Waals surface area contributed by atoms with Crippen molar-refractivity contribution in [3.8, 4) is 0 Å². The van der Waals surface area contributed by atoms with Crippen LogP contribution in [0.15, 0.2) is 24.4 Å². The van der Waals surface area contributed by atoms with Gasteiger partial charge in [0, 0.05) is 35.8 Å². The quantitative estimate of drug-likeness (QED) is 0.801. The molecule has 0 spiro atoms. The zero-order valence-corrected chi connectivity index (χ0v) is 11.7. The molecule has 0 radical (unpaired) electrons. The van der Waals surface area contributed by atoms with E-state index < -0.39 is 0 Å². The van der Waals surface area contributed by atoms with E-state index in [4.69, 9.17) is 0 Å². The Hall–Kier alpha value is -1.68. The van der Waals surface area contributed by atoms with E-state index in [1.165, 1.54) is 31.9 Å². The second-order valence-corrected chi connectivity index (χ2v) is 5.50. The van der Waals surface area contributed by atoms with E-state index in [-0.39, 0.29) is 11.6 Å². The second kappa shape index (κ2) is 5.37. The lowest BCUT2D eigenvalue weighted by molar-refractivity contribution is 0.101. The van der Waals surface area contributed by atoms with Gasteiger partial charge >= 0.3 is 0 Å². The summed E-state index contributed by atoms with van der Waals surface area (Å²) in [6.07, 6.45) is 4.41. The van der Waals surface area contributed by atoms with E-state index in [9.17, 15) is 9.18 Å². The number of carbonyl (C=O) groups excluding carboxylic acids is 1. The molecule has 2 aromatic rings. The molecule has 0 bridgehead atoms. The van der Waals surface area contributed by atoms with Crippen molar-refractivity contribution in [1.29, 1.82) is 0 Å². The predicted molar refractivity (Wildman–Crippen MR) is 77.6 cm³/mol. The number of ketones is 1. The van der Waals surface area contributed by atoms with E-state index in [1.807, 2.05) is 6.20 Å². The molecular weight excluding hydrogens is 255 g/mol. The number of benzene rings is 1. The summed E-state index contributed by atoms with van der Waals surface area (Å²) in [5.74, 6) is -0.308. The maximum atomic E-state index is 13.4. The Kier molecular flexibility index (Phi) is 3.57. The molecule has 20 heavy (non-hydrogen) atoms. The minimum atomic E-state index is -0.294. The summed E-state index contributed by atoms with van der Waals surface area (Å²) >= 11 is 0. The van der Waals surface area contributed by atoms with E-state index in [0.29, 0.717) is 5.56 Å². The number of aromatic nitrogens is 1. The molecule has 106 valence electrons. The summed E-state index contributed by atoms with van der Waals surface area (Å²) in [4.78, 5) is 14.1. The maximum absolute atomic E-state index is 13.4. The van der Waals surface area contributed by atoms with Gasteiger partial charge in [0.05, 0.1) is 0 Å². The van der Waals surface area contributed by atoms with Crippen LogP contribution >= 0.6 is 0 Å². The summed E-state index contributed by atoms with van der Waals surface area (Å²) < 4.78 is 15.5. The third-order valence-corrected chi connectivity index (χ3v) is 4.08. The Morgan fingerprint density at radius 3 is 2.70 bits per heavy atom. The summed E-state index contributed by atoms with van der Waals surface area (Å²) in [6.45, 7) is 5.68. The molecule has 1 aromatic carbocycles. The first-order valence-corrected chi connectivity index (χ1v) is 7.17. The number of Topliss-reactive ketones (excluding diaryl/α,β-unsaturated/α-hetero) is 1. The summed E-state index contributed by atoms with van der Waals surface area (Å²) in [5, 5.41) is 0.721. The summed E-state index contributed by atoms with van der Waals surface area (Å²) in [7, 11) is 0. The molecule has 0 aliphatic carbocycles. The molecule has 2 heterocycles. The van der Waals surface area contributed by atoms with Crippen molar-refractivity contribution < 1.29 is 9.18 Å². The van der Waals surface area contributed by atoms with Crippen molar-refractivity contribution in [2.75, 3.05) is 19.6 Å². The molecule has 3 rings (SSSR count). The fourth-order valence-electron chi connectivity index (χ4n) is 2.99. The highest BCUT2D eigenvalue weighted by Crippen LogP contribution is 2.23. The Labute approximate surface area is 118 Å². The molecule has 0 amide bonds. The molecule has 0 saturated carbocycles. The predicted octanol–water partition coefficient (Wildman–Crippen LogP) is 3.08. The molecule has 0 unspecified atom stereocenters. The van der Waals surface area contributed by atoms with Crippen LogP contribution in [0.5, 0.6) is 0 Å². The van der Waals surface area contributed by atoms with Crippen molar-refractivity contribution in [2.45, 2.75) is 26.3 Å². The lowest BCUT2D eigenvalue weighted by atomic mass is 10.1. The Morgan fingerprint density at radius 1 is 1.25 bits per heavy atom. The highest BCUT2D eigenvalue weighted by molar-refractivity contribution is 6.06. The van der Waals surface area contributed by atoms with Crippen molar-refractivity contribution in [3.63, 3.8) is 0 Å². The number of hydrogen-bond acceptors (Lipinski definition) is 2. The van der Waals surface area contributed by atoms with Gasteiger partial charge in [0.1, 0.15) is 5.82 Å². The third-order valence-electron chi connectivity index (χ3n) is 4.08. The van der Waals surface area contributed by atoms with Gasteiger partial charge < -0.3 is 9.47 Å². The van der Waals surface area contributed by atoms with Crippen LogP contribution in [-0.2, 0) is 6.54 Å². The largest absolute Gasteiger partial charge is 0.345 e. The molecule has 0 atom stereocenters. The molecule has 1 aliphatic rings. The van der Waals surface area contributed by atoms with Crippen LogP contribution in [0, 0.1) is 5.82 Å². The number of halogens is 1. The number of fused-ring (bicyclic) bond motifs is 1. The topological polar surface area (TPSA) is 25.2 Å². The van der Waals surface area contributed by atoms with Crippen molar-refractivity contribution in [1.82, 2.24) is 9.47 Å². The Balaban J connectivity index is 1.91. The first-order chi connectivity index (χ1) is 9.65. The van der Waals surface area contributed by atoms with Gasteiger partial charge in [-0.05, 0) is 51.1 Å². The van der Waals surface area contributed by atoms with Gasteiger partial charge in [0.25, 0.3) is 0 Å². The fourth-order valence-corrected chi connectivity index (χ4v) is 2.99. The summed E-state index contributed by atoms with van der Waals surface area (Å²) in [6, 6.07) is 4.68. The molecule has 1 aliphatic heterocycles. The Morgan fingerprint density at radius 2 is 2.00 bits per heavy atom. The first kappa shape index (κ1) is 13.3. The standard InChI is InChI=1S/C16H19FN2O/c1-12(20)15-11-19(9-8-18-6-2-3-7-18)16-5-4-13(17)10-14(15)16/h4-5,10-11H,2-3,6-9H2,1H3. The number of nitrogens with zero attached hydrogens (tertiary/aromatic N) is 2. The molecule has 1 saturated heterocycles. The normalized spacial score (nSPS) is 16.1. The number of carbonyl (C=O) groups is 1. The number of likely N-dealkylation sites (tertiary alicyclic amines) is 1. The van der Waals surface area contributed by atoms with E-state index in [0.717, 1.165) is 37.1 Å². The minimum Gasteiger partial charge on any atom is -0.345 e. The third kappa shape index (κ3) is 2.48. The van der Waals surface area contributed by atoms with Crippen LogP contribution in [0.4, 0.5) is 4.39 Å². The van der Waals surface area contributed by atoms with Gasteiger partial charge in [-0.3, -0.25) is 4.79 Å². The zero-order chi connectivity index (χ0) is 14.1. The highest BCUT2D eigenvalue weighted by atomic mass is 19.1. The van der Waals surface area contributed by atoms with Crippen LogP contribution < -0.4 is 0 Å². The monoisotopic (exact) mass is 274 g/mol. The number of rotatable bonds is 4. The van der Waals surface area contributed by atoms with Gasteiger partial charge in [0.2, 0.25) is 0 Å². The van der Waals surface area contributed by atoms with Crippen molar-refractivity contribution in [2.24, 2.45) is 0 Å². The average molecular weight is 274 g/mol. The zero-order valence-electron chi connectivity index (χ0n) is 11.7. The van der Waals surface area contributed by atoms with Gasteiger partial charge in [-0.25, -0.2) is 4.39 Å². The fraction of sp³-hybridized carbons (Fsp3) is 0.438. The lowest BCUT2D eigenvalue weighted by Crippen LogP contribution is -2.23. The minimum absolute atomic E-state index is 0.0134. The van der Waals surface area contributed by atoms with Crippen LogP contribution in [0.1, 0.15) is 30.1 Å². The van der Waals surface area contributed by atoms with Gasteiger partial charge in [-0.15, -0.1) is 0 Å². The summed E-state index contributed by atoms with van der Waals surface area (Å²) in [5.41, 5.74) is 1.55. The van der Waals surface area contributed by atoms with Crippen LogP contribution in [0.25, 0.3) is 10.9 Å². The van der Waals surface area contributed by atoms with Gasteiger partial charge in [-0.2, -0.15) is 0 Å². The maximum Gasteiger partial charge on any atom is 0.161 e. The molecular formula is C16H19FN2O. The molecule has 4 heteroatoms. The van der Waals surface area contributed by atoms with Gasteiger partial charge in [0.15, 0.2) is 5.78 Å². The Bertz CT molecular complexity index is 641. The van der Waals surface area contributed by atoms with Crippen molar-refractivity contribution >= 4 is 16.7 Å². The smallest absolute Gasteiger partial charge is 0.161 e. The van der Waals surface area contributed by atoms with Gasteiger partial charge in [-0.1, -0.05) is 0 Å². The molecule has 1 fully saturated rings. The SMILES string of the molecule is CC(=O)c1cn(CCN2CCCC2)c2ccc(F)cc12.